The van der Waals surface area contributed by atoms with Crippen LogP contribution >= 0.6 is 0 Å². The Bertz CT molecular complexity index is 538. The van der Waals surface area contributed by atoms with E-state index in [2.05, 4.69) is 11.4 Å². The number of nitrogen functional groups attached to an aromatic ring is 1. The zero-order valence-electron chi connectivity index (χ0n) is 11.4. The first kappa shape index (κ1) is 14.3. The number of carbonyl (C=O) groups excluding carboxylic acids is 1. The Kier molecular flexibility index (Phi) is 4.56. The van der Waals surface area contributed by atoms with Crippen molar-refractivity contribution in [1.82, 2.24) is 4.90 Å². The highest BCUT2D eigenvalue weighted by atomic mass is 16.5. The fourth-order valence-corrected chi connectivity index (χ4v) is 2.11. The summed E-state index contributed by atoms with van der Waals surface area (Å²) < 4.78 is 5.24. The normalized spacial score (nSPS) is 19.3. The highest BCUT2D eigenvalue weighted by Gasteiger charge is 2.21. The number of nitrogens with one attached hydrogen (secondary N) is 1. The number of morpholine rings is 1. The molecule has 0 aromatic heterocycles. The monoisotopic (exact) mass is 274 g/mol. The van der Waals surface area contributed by atoms with Crippen molar-refractivity contribution in [1.29, 1.82) is 5.26 Å². The number of nitrogens with two attached hydrogens (primary N) is 1. The second kappa shape index (κ2) is 6.37. The molecule has 6 heteroatoms. The van der Waals surface area contributed by atoms with Gasteiger partial charge in [0.2, 0.25) is 5.91 Å². The van der Waals surface area contributed by atoms with Crippen molar-refractivity contribution in [2.45, 2.75) is 13.0 Å². The van der Waals surface area contributed by atoms with Gasteiger partial charge in [-0.05, 0) is 24.6 Å². The molecule has 20 heavy (non-hydrogen) atoms. The fourth-order valence-electron chi connectivity index (χ4n) is 2.11. The van der Waals surface area contributed by atoms with Crippen molar-refractivity contribution >= 4 is 17.3 Å². The molecule has 0 spiro atoms. The Labute approximate surface area is 118 Å². The molecule has 0 radical (unpaired) electrons. The number of carbonyl (C=O) groups is 1. The van der Waals surface area contributed by atoms with Crippen molar-refractivity contribution in [2.24, 2.45) is 0 Å². The number of amides is 1. The summed E-state index contributed by atoms with van der Waals surface area (Å²) in [7, 11) is 0. The molecule has 0 bridgehead atoms. The number of benzene rings is 1. The van der Waals surface area contributed by atoms with Crippen LogP contribution in [0.5, 0.6) is 0 Å². The van der Waals surface area contributed by atoms with Gasteiger partial charge < -0.3 is 15.8 Å². The number of anilines is 2. The summed E-state index contributed by atoms with van der Waals surface area (Å²) in [5.41, 5.74) is 8.04. The molecule has 3 N–H and O–H groups in total. The second-order valence-electron chi connectivity index (χ2n) is 4.79. The van der Waals surface area contributed by atoms with Gasteiger partial charge in [0, 0.05) is 24.5 Å². The van der Waals surface area contributed by atoms with Gasteiger partial charge >= 0.3 is 0 Å². The fraction of sp³-hybridized carbons (Fsp3) is 0.429. The molecule has 1 atom stereocenters. The third kappa shape index (κ3) is 3.47. The van der Waals surface area contributed by atoms with E-state index in [0.717, 1.165) is 11.3 Å². The maximum absolute atomic E-state index is 12.0. The molecule has 1 unspecified atom stereocenters. The van der Waals surface area contributed by atoms with E-state index in [9.17, 15) is 4.79 Å². The summed E-state index contributed by atoms with van der Waals surface area (Å²) in [4.78, 5) is 13.9. The van der Waals surface area contributed by atoms with Gasteiger partial charge in [-0.25, -0.2) is 0 Å². The molecule has 0 aliphatic carbocycles. The van der Waals surface area contributed by atoms with Crippen LogP contribution in [0.25, 0.3) is 0 Å². The number of nitriles is 1. The molecule has 1 heterocycles. The maximum atomic E-state index is 12.0. The Hall–Kier alpha value is -2.10. The van der Waals surface area contributed by atoms with E-state index in [-0.39, 0.29) is 12.5 Å². The summed E-state index contributed by atoms with van der Waals surface area (Å²) in [6.45, 7) is 3.70. The molecule has 2 rings (SSSR count). The van der Waals surface area contributed by atoms with Gasteiger partial charge in [0.1, 0.15) is 0 Å². The van der Waals surface area contributed by atoms with Gasteiger partial charge in [-0.2, -0.15) is 5.26 Å². The largest absolute Gasteiger partial charge is 0.398 e. The van der Waals surface area contributed by atoms with Crippen molar-refractivity contribution in [3.63, 3.8) is 0 Å². The summed E-state index contributed by atoms with van der Waals surface area (Å²) in [6, 6.07) is 7.48. The quantitative estimate of drug-likeness (QED) is 0.793. The lowest BCUT2D eigenvalue weighted by Gasteiger charge is -2.29. The molecule has 0 saturated carbocycles. The van der Waals surface area contributed by atoms with Crippen molar-refractivity contribution in [3.05, 3.63) is 23.8 Å². The van der Waals surface area contributed by atoms with Gasteiger partial charge in [0.15, 0.2) is 6.10 Å². The van der Waals surface area contributed by atoms with Crippen LogP contribution in [-0.2, 0) is 9.53 Å². The molecule has 1 amide bonds. The van der Waals surface area contributed by atoms with Crippen LogP contribution in [0, 0.1) is 18.3 Å². The topological polar surface area (TPSA) is 91.4 Å². The zero-order chi connectivity index (χ0) is 14.5. The molecule has 6 nitrogen and oxygen atoms in total. The standard InChI is InChI=1S/C14H18N4O2/c1-10-12(16)3-2-4-13(10)17-14(19)9-18-5-6-20-11(7-15)8-18/h2-4,11H,5-6,8-9,16H2,1H3,(H,17,19). The average molecular weight is 274 g/mol. The minimum Gasteiger partial charge on any atom is -0.398 e. The Balaban J connectivity index is 1.92. The Morgan fingerprint density at radius 2 is 2.45 bits per heavy atom. The van der Waals surface area contributed by atoms with Crippen molar-refractivity contribution < 1.29 is 9.53 Å². The summed E-state index contributed by atoms with van der Waals surface area (Å²) >= 11 is 0. The van der Waals surface area contributed by atoms with E-state index in [1.54, 1.807) is 12.1 Å². The minimum absolute atomic E-state index is 0.114. The van der Waals surface area contributed by atoms with E-state index in [4.69, 9.17) is 15.7 Å². The van der Waals surface area contributed by atoms with Crippen LogP contribution in [0.4, 0.5) is 11.4 Å². The van der Waals surface area contributed by atoms with E-state index >= 15 is 0 Å². The summed E-state index contributed by atoms with van der Waals surface area (Å²) in [5, 5.41) is 11.7. The van der Waals surface area contributed by atoms with E-state index in [1.165, 1.54) is 0 Å². The highest BCUT2D eigenvalue weighted by Crippen LogP contribution is 2.20. The first-order valence-corrected chi connectivity index (χ1v) is 6.48. The second-order valence-corrected chi connectivity index (χ2v) is 4.79. The highest BCUT2D eigenvalue weighted by molar-refractivity contribution is 5.93. The minimum atomic E-state index is -0.453. The van der Waals surface area contributed by atoms with Gasteiger partial charge in [-0.3, -0.25) is 9.69 Å². The van der Waals surface area contributed by atoms with Crippen LogP contribution in [0.1, 0.15) is 5.56 Å². The number of hydrogen-bond donors (Lipinski definition) is 2. The molecule has 1 saturated heterocycles. The van der Waals surface area contributed by atoms with Crippen LogP contribution in [0.2, 0.25) is 0 Å². The third-order valence-electron chi connectivity index (χ3n) is 3.31. The molecule has 1 fully saturated rings. The summed E-state index contributed by atoms with van der Waals surface area (Å²) in [6.07, 6.45) is -0.453. The third-order valence-corrected chi connectivity index (χ3v) is 3.31. The SMILES string of the molecule is Cc1c(N)cccc1NC(=O)CN1CCOC(C#N)C1. The lowest BCUT2D eigenvalue weighted by molar-refractivity contribution is -0.118. The molecule has 1 aromatic rings. The first-order valence-electron chi connectivity index (χ1n) is 6.48. The Morgan fingerprint density at radius 1 is 1.65 bits per heavy atom. The number of ether oxygens (including phenoxy) is 1. The van der Waals surface area contributed by atoms with Crippen LogP contribution in [0.3, 0.4) is 0 Å². The predicted octanol–water partition coefficient (Wildman–Crippen LogP) is 0.740. The van der Waals surface area contributed by atoms with Crippen LogP contribution in [0.15, 0.2) is 18.2 Å². The first-order chi connectivity index (χ1) is 9.60. The van der Waals surface area contributed by atoms with Crippen molar-refractivity contribution in [2.75, 3.05) is 37.3 Å². The molecule has 1 aliphatic heterocycles. The van der Waals surface area contributed by atoms with E-state index < -0.39 is 6.10 Å². The van der Waals surface area contributed by atoms with E-state index in [1.807, 2.05) is 17.9 Å². The zero-order valence-corrected chi connectivity index (χ0v) is 11.4. The number of nitrogens with zero attached hydrogens (tertiary/aromatic N) is 2. The van der Waals surface area contributed by atoms with Gasteiger partial charge in [0.05, 0.1) is 19.2 Å². The van der Waals surface area contributed by atoms with Gasteiger partial charge in [-0.15, -0.1) is 0 Å². The number of rotatable bonds is 3. The van der Waals surface area contributed by atoms with E-state index in [0.29, 0.717) is 25.4 Å². The van der Waals surface area contributed by atoms with Crippen LogP contribution in [-0.4, -0.2) is 43.2 Å². The number of hydrogen-bond acceptors (Lipinski definition) is 5. The Morgan fingerprint density at radius 3 is 3.20 bits per heavy atom. The molecule has 1 aromatic carbocycles. The lowest BCUT2D eigenvalue weighted by Crippen LogP contribution is -2.45. The average Bonchev–Trinajstić information content (AvgIpc) is 2.44. The molecule has 1 aliphatic rings. The van der Waals surface area contributed by atoms with Crippen molar-refractivity contribution in [3.8, 4) is 6.07 Å². The molecule has 106 valence electrons. The predicted molar refractivity (Wildman–Crippen MR) is 76.0 cm³/mol. The van der Waals surface area contributed by atoms with Gasteiger partial charge in [-0.1, -0.05) is 6.07 Å². The molecular weight excluding hydrogens is 256 g/mol. The maximum Gasteiger partial charge on any atom is 0.238 e. The smallest absolute Gasteiger partial charge is 0.238 e. The molecular formula is C14H18N4O2. The van der Waals surface area contributed by atoms with Gasteiger partial charge in [0.25, 0.3) is 0 Å². The summed E-state index contributed by atoms with van der Waals surface area (Å²) in [5.74, 6) is -0.114. The van der Waals surface area contributed by atoms with Crippen LogP contribution < -0.4 is 11.1 Å². The lowest BCUT2D eigenvalue weighted by atomic mass is 10.1.